The summed E-state index contributed by atoms with van der Waals surface area (Å²) >= 11 is 1.55. The number of carboxylic acid groups (broad SMARTS) is 1. The molecule has 1 rings (SSSR count). The fraction of sp³-hybridized carbons (Fsp3) is 0.429. The first-order chi connectivity index (χ1) is 9.45. The van der Waals surface area contributed by atoms with Gasteiger partial charge in [-0.2, -0.15) is 11.8 Å². The summed E-state index contributed by atoms with van der Waals surface area (Å²) in [6, 6.07) is 6.19. The van der Waals surface area contributed by atoms with Crippen LogP contribution in [0.5, 0.6) is 0 Å². The Kier molecular flexibility index (Phi) is 6.38. The SMILES string of the molecule is CSCCC(NC(=O)N(C)c1ccc(C)cc1)C(=O)O. The molecular weight excluding hydrogens is 276 g/mol. The van der Waals surface area contributed by atoms with E-state index >= 15 is 0 Å². The van der Waals surface area contributed by atoms with Crippen LogP contribution in [-0.2, 0) is 4.79 Å². The van der Waals surface area contributed by atoms with Crippen LogP contribution < -0.4 is 10.2 Å². The van der Waals surface area contributed by atoms with E-state index in [4.69, 9.17) is 5.11 Å². The minimum absolute atomic E-state index is 0.407. The maximum absolute atomic E-state index is 12.1. The summed E-state index contributed by atoms with van der Waals surface area (Å²) in [5.74, 6) is -0.324. The Morgan fingerprint density at radius 1 is 1.35 bits per heavy atom. The van der Waals surface area contributed by atoms with Crippen molar-refractivity contribution in [3.63, 3.8) is 0 Å². The van der Waals surface area contributed by atoms with Gasteiger partial charge in [0.1, 0.15) is 6.04 Å². The summed E-state index contributed by atoms with van der Waals surface area (Å²) in [6.45, 7) is 1.97. The quantitative estimate of drug-likeness (QED) is 0.845. The van der Waals surface area contributed by atoms with Gasteiger partial charge in [-0.25, -0.2) is 9.59 Å². The number of hydrogen-bond acceptors (Lipinski definition) is 3. The number of aliphatic carboxylic acids is 1. The highest BCUT2D eigenvalue weighted by Crippen LogP contribution is 2.13. The number of anilines is 1. The molecule has 1 aromatic carbocycles. The van der Waals surface area contributed by atoms with Crippen LogP contribution in [0, 0.1) is 6.92 Å². The molecule has 1 unspecified atom stereocenters. The van der Waals surface area contributed by atoms with Crippen molar-refractivity contribution < 1.29 is 14.7 Å². The lowest BCUT2D eigenvalue weighted by atomic mass is 10.2. The van der Waals surface area contributed by atoms with E-state index in [1.54, 1.807) is 18.8 Å². The molecule has 20 heavy (non-hydrogen) atoms. The average molecular weight is 296 g/mol. The fourth-order valence-corrected chi connectivity index (χ4v) is 2.10. The molecule has 1 aromatic rings. The number of carbonyl (C=O) groups excluding carboxylic acids is 1. The van der Waals surface area contributed by atoms with Crippen LogP contribution >= 0.6 is 11.8 Å². The number of urea groups is 1. The zero-order chi connectivity index (χ0) is 15.1. The van der Waals surface area contributed by atoms with Gasteiger partial charge >= 0.3 is 12.0 Å². The topological polar surface area (TPSA) is 69.6 Å². The van der Waals surface area contributed by atoms with Gasteiger partial charge in [0.2, 0.25) is 0 Å². The molecule has 0 saturated carbocycles. The molecule has 0 heterocycles. The third kappa shape index (κ3) is 4.77. The number of nitrogens with one attached hydrogen (secondary N) is 1. The van der Waals surface area contributed by atoms with Gasteiger partial charge in [0.15, 0.2) is 0 Å². The van der Waals surface area contributed by atoms with E-state index in [0.29, 0.717) is 12.2 Å². The minimum atomic E-state index is -1.01. The van der Waals surface area contributed by atoms with E-state index in [0.717, 1.165) is 11.3 Å². The molecule has 0 saturated heterocycles. The smallest absolute Gasteiger partial charge is 0.326 e. The van der Waals surface area contributed by atoms with Gasteiger partial charge in [-0.1, -0.05) is 17.7 Å². The second-order valence-corrected chi connectivity index (χ2v) is 5.50. The highest BCUT2D eigenvalue weighted by molar-refractivity contribution is 7.98. The Bertz CT molecular complexity index is 462. The molecule has 2 amide bonds. The van der Waals surface area contributed by atoms with E-state index in [2.05, 4.69) is 5.32 Å². The number of nitrogens with zero attached hydrogens (tertiary/aromatic N) is 1. The Morgan fingerprint density at radius 2 is 1.95 bits per heavy atom. The third-order valence-electron chi connectivity index (χ3n) is 2.93. The molecule has 1 atom stereocenters. The zero-order valence-corrected chi connectivity index (χ0v) is 12.7. The molecule has 0 spiro atoms. The van der Waals surface area contributed by atoms with Crippen LogP contribution in [0.15, 0.2) is 24.3 Å². The normalized spacial score (nSPS) is 11.8. The Hall–Kier alpha value is -1.69. The highest BCUT2D eigenvalue weighted by atomic mass is 32.2. The van der Waals surface area contributed by atoms with E-state index in [1.807, 2.05) is 37.4 Å². The average Bonchev–Trinajstić information content (AvgIpc) is 2.42. The van der Waals surface area contributed by atoms with Gasteiger partial charge in [0, 0.05) is 12.7 Å². The predicted molar refractivity (Wildman–Crippen MR) is 82.5 cm³/mol. The highest BCUT2D eigenvalue weighted by Gasteiger charge is 2.21. The van der Waals surface area contributed by atoms with E-state index in [1.165, 1.54) is 4.90 Å². The number of aryl methyl sites for hydroxylation is 1. The number of amides is 2. The molecule has 0 aliphatic heterocycles. The number of carbonyl (C=O) groups is 2. The maximum atomic E-state index is 12.1. The first kappa shape index (κ1) is 16.4. The fourth-order valence-electron chi connectivity index (χ4n) is 1.62. The van der Waals surface area contributed by atoms with Crippen molar-refractivity contribution in [2.45, 2.75) is 19.4 Å². The molecule has 0 aliphatic carbocycles. The van der Waals surface area contributed by atoms with Crippen molar-refractivity contribution >= 4 is 29.4 Å². The van der Waals surface area contributed by atoms with Crippen LogP contribution in [0.3, 0.4) is 0 Å². The van der Waals surface area contributed by atoms with Crippen molar-refractivity contribution in [1.29, 1.82) is 0 Å². The van der Waals surface area contributed by atoms with Gasteiger partial charge in [-0.3, -0.25) is 4.90 Å². The van der Waals surface area contributed by atoms with E-state index in [9.17, 15) is 9.59 Å². The van der Waals surface area contributed by atoms with Crippen LogP contribution in [0.2, 0.25) is 0 Å². The summed E-state index contributed by atoms with van der Waals surface area (Å²) in [7, 11) is 1.62. The molecule has 0 aromatic heterocycles. The van der Waals surface area contributed by atoms with Crippen molar-refractivity contribution in [2.75, 3.05) is 24.0 Å². The van der Waals surface area contributed by atoms with Gasteiger partial charge in [-0.15, -0.1) is 0 Å². The molecule has 5 nitrogen and oxygen atoms in total. The first-order valence-electron chi connectivity index (χ1n) is 6.28. The van der Waals surface area contributed by atoms with Crippen LogP contribution in [0.4, 0.5) is 10.5 Å². The van der Waals surface area contributed by atoms with Crippen LogP contribution in [0.1, 0.15) is 12.0 Å². The molecular formula is C14H20N2O3S. The van der Waals surface area contributed by atoms with Crippen molar-refractivity contribution in [3.05, 3.63) is 29.8 Å². The lowest BCUT2D eigenvalue weighted by Gasteiger charge is -2.21. The van der Waals surface area contributed by atoms with Crippen molar-refractivity contribution in [2.24, 2.45) is 0 Å². The molecule has 0 bridgehead atoms. The number of rotatable bonds is 6. The largest absolute Gasteiger partial charge is 0.480 e. The van der Waals surface area contributed by atoms with Gasteiger partial charge in [0.25, 0.3) is 0 Å². The number of thioether (sulfide) groups is 1. The lowest BCUT2D eigenvalue weighted by molar-refractivity contribution is -0.139. The molecule has 0 radical (unpaired) electrons. The summed E-state index contributed by atoms with van der Waals surface area (Å²) in [4.78, 5) is 24.6. The van der Waals surface area contributed by atoms with E-state index < -0.39 is 18.0 Å². The molecule has 0 fully saturated rings. The summed E-state index contributed by atoms with van der Waals surface area (Å²) < 4.78 is 0. The third-order valence-corrected chi connectivity index (χ3v) is 3.58. The Balaban J connectivity index is 2.68. The van der Waals surface area contributed by atoms with Crippen LogP contribution in [0.25, 0.3) is 0 Å². The van der Waals surface area contributed by atoms with Gasteiger partial charge in [-0.05, 0) is 37.5 Å². The van der Waals surface area contributed by atoms with Crippen LogP contribution in [-0.4, -0.2) is 42.2 Å². The predicted octanol–water partition coefficient (Wildman–Crippen LogP) is 2.35. The molecule has 110 valence electrons. The van der Waals surface area contributed by atoms with E-state index in [-0.39, 0.29) is 0 Å². The Labute approximate surface area is 123 Å². The van der Waals surface area contributed by atoms with Crippen molar-refractivity contribution in [3.8, 4) is 0 Å². The summed E-state index contributed by atoms with van der Waals surface area (Å²) in [5.41, 5.74) is 1.83. The second kappa shape index (κ2) is 7.79. The summed E-state index contributed by atoms with van der Waals surface area (Å²) in [6.07, 6.45) is 2.31. The molecule has 2 N–H and O–H groups in total. The number of hydrogen-bond donors (Lipinski definition) is 2. The lowest BCUT2D eigenvalue weighted by Crippen LogP contribution is -2.47. The molecule has 6 heteroatoms. The maximum Gasteiger partial charge on any atom is 0.326 e. The number of benzene rings is 1. The zero-order valence-electron chi connectivity index (χ0n) is 11.9. The number of carboxylic acids is 1. The second-order valence-electron chi connectivity index (χ2n) is 4.52. The summed E-state index contributed by atoms with van der Waals surface area (Å²) in [5, 5.41) is 11.6. The Morgan fingerprint density at radius 3 is 2.45 bits per heavy atom. The monoisotopic (exact) mass is 296 g/mol. The first-order valence-corrected chi connectivity index (χ1v) is 7.67. The van der Waals surface area contributed by atoms with Crippen molar-refractivity contribution in [1.82, 2.24) is 5.32 Å². The van der Waals surface area contributed by atoms with Gasteiger partial charge in [0.05, 0.1) is 0 Å². The standard InChI is InChI=1S/C14H20N2O3S/c1-10-4-6-11(7-5-10)16(2)14(19)15-12(13(17)18)8-9-20-3/h4-7,12H,8-9H2,1-3H3,(H,15,19)(H,17,18). The molecule has 0 aliphatic rings. The minimum Gasteiger partial charge on any atom is -0.480 e. The van der Waals surface area contributed by atoms with Gasteiger partial charge < -0.3 is 10.4 Å².